The van der Waals surface area contributed by atoms with Gasteiger partial charge < -0.3 is 24.0 Å². The first-order valence-electron chi connectivity index (χ1n) is 9.13. The number of thiocarbonyl (C=S) groups is 1. The second-order valence-electron chi connectivity index (χ2n) is 7.12. The fourth-order valence-electron chi connectivity index (χ4n) is 3.24. The number of rotatable bonds is 9. The molecule has 158 valence electrons. The minimum Gasteiger partial charge on any atom is -0.481 e. The molecule has 0 saturated heterocycles. The zero-order chi connectivity index (χ0) is 21.8. The van der Waals surface area contributed by atoms with E-state index in [0.717, 1.165) is 33.6 Å². The van der Waals surface area contributed by atoms with Crippen LogP contribution in [0.3, 0.4) is 0 Å². The molecule has 2 N–H and O–H groups in total. The zero-order valence-corrected chi connectivity index (χ0v) is 19.0. The number of hydrogen-bond acceptors (Lipinski definition) is 5. The summed E-state index contributed by atoms with van der Waals surface area (Å²) >= 11 is 5.86. The van der Waals surface area contributed by atoms with Crippen molar-refractivity contribution in [2.45, 2.75) is 33.6 Å². The van der Waals surface area contributed by atoms with Crippen molar-refractivity contribution in [2.75, 3.05) is 20.3 Å². The maximum atomic E-state index is 11.1. The molecule has 2 aromatic rings. The van der Waals surface area contributed by atoms with Gasteiger partial charge in [-0.05, 0) is 54.7 Å². The van der Waals surface area contributed by atoms with Crippen LogP contribution in [-0.2, 0) is 9.30 Å². The van der Waals surface area contributed by atoms with Crippen molar-refractivity contribution >= 4 is 24.7 Å². The maximum Gasteiger partial charge on any atom is 0.362 e. The molecule has 0 aliphatic rings. The molecule has 29 heavy (non-hydrogen) atoms. The van der Waals surface area contributed by atoms with Gasteiger partial charge in [0, 0.05) is 18.2 Å². The van der Waals surface area contributed by atoms with Crippen molar-refractivity contribution in [3.8, 4) is 11.5 Å². The van der Waals surface area contributed by atoms with E-state index in [4.69, 9.17) is 36.2 Å². The Hall–Kier alpha value is -1.76. The largest absolute Gasteiger partial charge is 0.481 e. The van der Waals surface area contributed by atoms with E-state index in [1.54, 1.807) is 19.2 Å². The summed E-state index contributed by atoms with van der Waals surface area (Å²) in [7, 11) is -2.67. The molecule has 2 aromatic carbocycles. The number of aryl methyl sites for hydroxylation is 2. The average Bonchev–Trinajstić information content (AvgIpc) is 2.63. The van der Waals surface area contributed by atoms with E-state index < -0.39 is 13.9 Å². The molecule has 6 nitrogen and oxygen atoms in total. The number of benzene rings is 2. The highest BCUT2D eigenvalue weighted by Gasteiger charge is 2.21. The molecule has 0 saturated carbocycles. The summed E-state index contributed by atoms with van der Waals surface area (Å²) in [4.78, 5) is 18.7. The van der Waals surface area contributed by atoms with Gasteiger partial charge >= 0.3 is 7.60 Å². The predicted molar refractivity (Wildman–Crippen MR) is 117 cm³/mol. The van der Waals surface area contributed by atoms with Crippen molar-refractivity contribution in [3.05, 3.63) is 58.1 Å². The monoisotopic (exact) mass is 438 g/mol. The first kappa shape index (κ1) is 23.5. The van der Waals surface area contributed by atoms with Crippen LogP contribution in [0.1, 0.15) is 47.6 Å². The van der Waals surface area contributed by atoms with Gasteiger partial charge in [0.25, 0.3) is 0 Å². The van der Waals surface area contributed by atoms with Gasteiger partial charge in [-0.15, -0.1) is 0 Å². The second kappa shape index (κ2) is 9.83. The Bertz CT molecular complexity index is 912. The SMILES string of the molecule is COCOc1cccc(C(=S)c2c(C)cc(OCP(=O)(O)O)cc2C)c1C(C)C. The maximum absolute atomic E-state index is 11.1. The lowest BCUT2D eigenvalue weighted by atomic mass is 9.89. The third-order valence-corrected chi connectivity index (χ3v) is 5.24. The van der Waals surface area contributed by atoms with Crippen LogP contribution < -0.4 is 9.47 Å². The quantitative estimate of drug-likeness (QED) is 0.254. The van der Waals surface area contributed by atoms with Gasteiger partial charge in [0.05, 0.1) is 4.86 Å². The van der Waals surface area contributed by atoms with E-state index in [0.29, 0.717) is 10.6 Å². The van der Waals surface area contributed by atoms with Gasteiger partial charge in [-0.25, -0.2) is 0 Å². The van der Waals surface area contributed by atoms with E-state index in [1.165, 1.54) is 0 Å². The number of hydrogen-bond donors (Lipinski definition) is 2. The van der Waals surface area contributed by atoms with Crippen molar-refractivity contribution in [2.24, 2.45) is 0 Å². The molecule has 0 unspecified atom stereocenters. The Morgan fingerprint density at radius 3 is 2.28 bits per heavy atom. The third kappa shape index (κ3) is 6.11. The molecule has 2 rings (SSSR count). The summed E-state index contributed by atoms with van der Waals surface area (Å²) in [6.07, 6.45) is -0.661. The van der Waals surface area contributed by atoms with Gasteiger partial charge in [-0.3, -0.25) is 4.57 Å². The first-order chi connectivity index (χ1) is 13.5. The lowest BCUT2D eigenvalue weighted by Gasteiger charge is -2.21. The van der Waals surface area contributed by atoms with Gasteiger partial charge in [-0.1, -0.05) is 38.2 Å². The standard InChI is InChI=1S/C21H27O6PS/c1-13(2)19-17(7-6-8-18(19)26-11-25-5)21(29)20-14(3)9-16(10-15(20)4)27-12-28(22,23)24/h6-10,13H,11-12H2,1-5H3,(H2,22,23,24). The average molecular weight is 438 g/mol. The van der Waals surface area contributed by atoms with Crippen LogP contribution in [0.25, 0.3) is 0 Å². The molecule has 0 aliphatic carbocycles. The van der Waals surface area contributed by atoms with Gasteiger partial charge in [0.15, 0.2) is 13.1 Å². The van der Waals surface area contributed by atoms with Crippen LogP contribution in [0.15, 0.2) is 30.3 Å². The highest BCUT2D eigenvalue weighted by Crippen LogP contribution is 2.36. The third-order valence-electron chi connectivity index (χ3n) is 4.35. The fourth-order valence-corrected chi connectivity index (χ4v) is 4.06. The van der Waals surface area contributed by atoms with E-state index >= 15 is 0 Å². The highest BCUT2D eigenvalue weighted by molar-refractivity contribution is 7.81. The number of ether oxygens (including phenoxy) is 3. The zero-order valence-electron chi connectivity index (χ0n) is 17.3. The Morgan fingerprint density at radius 2 is 1.76 bits per heavy atom. The molecule has 0 radical (unpaired) electrons. The molecule has 0 heterocycles. The highest BCUT2D eigenvalue weighted by atomic mass is 32.1. The van der Waals surface area contributed by atoms with E-state index in [-0.39, 0.29) is 12.7 Å². The van der Waals surface area contributed by atoms with Crippen LogP contribution >= 0.6 is 19.8 Å². The van der Waals surface area contributed by atoms with Crippen molar-refractivity contribution in [1.29, 1.82) is 0 Å². The summed E-state index contributed by atoms with van der Waals surface area (Å²) in [6.45, 7) is 8.12. The predicted octanol–water partition coefficient (Wildman–Crippen LogP) is 4.69. The Morgan fingerprint density at radius 1 is 1.14 bits per heavy atom. The molecular formula is C21H27O6PS. The van der Waals surface area contributed by atoms with Crippen molar-refractivity contribution < 1.29 is 28.6 Å². The molecule has 0 bridgehead atoms. The Kier molecular flexibility index (Phi) is 7.97. The van der Waals surface area contributed by atoms with Crippen LogP contribution in [0, 0.1) is 13.8 Å². The van der Waals surface area contributed by atoms with E-state index in [2.05, 4.69) is 13.8 Å². The molecule has 8 heteroatoms. The molecule has 0 fully saturated rings. The molecule has 0 aliphatic heterocycles. The minimum atomic E-state index is -4.24. The lowest BCUT2D eigenvalue weighted by molar-refractivity contribution is 0.0502. The molecular weight excluding hydrogens is 411 g/mol. The molecule has 0 amide bonds. The van der Waals surface area contributed by atoms with E-state index in [9.17, 15) is 4.57 Å². The normalized spacial score (nSPS) is 11.6. The molecule has 0 spiro atoms. The summed E-state index contributed by atoms with van der Waals surface area (Å²) in [5, 5.41) is 0. The number of methoxy groups -OCH3 is 1. The fraction of sp³-hybridized carbons (Fsp3) is 0.381. The second-order valence-corrected chi connectivity index (χ2v) is 9.12. The summed E-state index contributed by atoms with van der Waals surface area (Å²) in [5.41, 5.74) is 4.56. The van der Waals surface area contributed by atoms with Crippen LogP contribution in [0.4, 0.5) is 0 Å². The van der Waals surface area contributed by atoms with Gasteiger partial charge in [-0.2, -0.15) is 0 Å². The smallest absolute Gasteiger partial charge is 0.362 e. The van der Waals surface area contributed by atoms with Crippen LogP contribution in [0.5, 0.6) is 11.5 Å². The minimum absolute atomic E-state index is 0.152. The Balaban J connectivity index is 2.46. The van der Waals surface area contributed by atoms with Gasteiger partial charge in [0.1, 0.15) is 11.5 Å². The summed E-state index contributed by atoms with van der Waals surface area (Å²) in [6, 6.07) is 9.27. The summed E-state index contributed by atoms with van der Waals surface area (Å²) in [5.74, 6) is 1.32. The van der Waals surface area contributed by atoms with Gasteiger partial charge in [0.2, 0.25) is 0 Å². The van der Waals surface area contributed by atoms with Crippen molar-refractivity contribution in [3.63, 3.8) is 0 Å². The molecule has 0 atom stereocenters. The summed E-state index contributed by atoms with van der Waals surface area (Å²) < 4.78 is 27.1. The van der Waals surface area contributed by atoms with Crippen molar-refractivity contribution in [1.82, 2.24) is 0 Å². The molecule has 0 aromatic heterocycles. The first-order valence-corrected chi connectivity index (χ1v) is 11.3. The Labute approximate surface area is 177 Å². The topological polar surface area (TPSA) is 85.2 Å². The lowest BCUT2D eigenvalue weighted by Crippen LogP contribution is -2.12. The van der Waals surface area contributed by atoms with Crippen LogP contribution in [-0.4, -0.2) is 34.9 Å². The van der Waals surface area contributed by atoms with Crippen LogP contribution in [0.2, 0.25) is 0 Å². The van der Waals surface area contributed by atoms with E-state index in [1.807, 2.05) is 32.0 Å².